The highest BCUT2D eigenvalue weighted by atomic mass is 79.9. The molecule has 0 saturated carbocycles. The fourth-order valence-electron chi connectivity index (χ4n) is 1.82. The van der Waals surface area contributed by atoms with Crippen LogP contribution in [0.2, 0.25) is 0 Å². The van der Waals surface area contributed by atoms with Crippen molar-refractivity contribution < 1.29 is 9.53 Å². The van der Waals surface area contributed by atoms with Crippen molar-refractivity contribution >= 4 is 33.5 Å². The summed E-state index contributed by atoms with van der Waals surface area (Å²) < 4.78 is 6.66. The normalized spacial score (nSPS) is 10.4. The Labute approximate surface area is 138 Å². The highest BCUT2D eigenvalue weighted by molar-refractivity contribution is 9.10. The zero-order chi connectivity index (χ0) is 15.1. The van der Waals surface area contributed by atoms with Gasteiger partial charge in [-0.05, 0) is 46.6 Å². The Kier molecular flexibility index (Phi) is 6.33. The van der Waals surface area contributed by atoms with E-state index in [1.165, 1.54) is 11.8 Å². The standard InChI is InChI=1S/C17H17BrO2S/c1-2-11-20-16-9-5-3-7-13(16)15(19)12-21-17-10-6-4-8-14(17)18/h3-10H,2,11-12H2,1H3. The van der Waals surface area contributed by atoms with Crippen molar-refractivity contribution in [1.29, 1.82) is 0 Å². The molecule has 2 nitrogen and oxygen atoms in total. The van der Waals surface area contributed by atoms with Crippen LogP contribution in [0.15, 0.2) is 57.9 Å². The number of carbonyl (C=O) groups is 1. The molecule has 0 bridgehead atoms. The molecule has 110 valence electrons. The number of benzene rings is 2. The average molecular weight is 365 g/mol. The number of hydrogen-bond donors (Lipinski definition) is 0. The lowest BCUT2D eigenvalue weighted by Gasteiger charge is -2.10. The molecule has 0 aliphatic carbocycles. The zero-order valence-electron chi connectivity index (χ0n) is 11.8. The average Bonchev–Trinajstić information content (AvgIpc) is 2.52. The number of halogens is 1. The minimum atomic E-state index is 0.0856. The number of hydrogen-bond acceptors (Lipinski definition) is 3. The molecule has 0 heterocycles. The summed E-state index contributed by atoms with van der Waals surface area (Å²) >= 11 is 5.03. The molecule has 2 aromatic rings. The van der Waals surface area contributed by atoms with Crippen molar-refractivity contribution in [2.45, 2.75) is 18.2 Å². The lowest BCUT2D eigenvalue weighted by molar-refractivity contribution is 0.101. The summed E-state index contributed by atoms with van der Waals surface area (Å²) in [6.45, 7) is 2.68. The van der Waals surface area contributed by atoms with E-state index in [4.69, 9.17) is 4.74 Å². The molecule has 0 N–H and O–H groups in total. The summed E-state index contributed by atoms with van der Waals surface area (Å²) in [4.78, 5) is 13.5. The fraction of sp³-hybridized carbons (Fsp3) is 0.235. The minimum Gasteiger partial charge on any atom is -0.493 e. The molecule has 4 heteroatoms. The van der Waals surface area contributed by atoms with E-state index in [0.717, 1.165) is 15.8 Å². The van der Waals surface area contributed by atoms with Crippen LogP contribution in [-0.2, 0) is 0 Å². The van der Waals surface area contributed by atoms with E-state index in [9.17, 15) is 4.79 Å². The molecule has 0 spiro atoms. The summed E-state index contributed by atoms with van der Waals surface area (Å²) in [6, 6.07) is 15.4. The lowest BCUT2D eigenvalue weighted by atomic mass is 10.1. The molecule has 0 fully saturated rings. The first kappa shape index (κ1) is 16.1. The number of ether oxygens (including phenoxy) is 1. The third-order valence-electron chi connectivity index (χ3n) is 2.84. The maximum Gasteiger partial charge on any atom is 0.176 e. The topological polar surface area (TPSA) is 26.3 Å². The second kappa shape index (κ2) is 8.25. The SMILES string of the molecule is CCCOc1ccccc1C(=O)CSc1ccccc1Br. The van der Waals surface area contributed by atoms with Gasteiger partial charge in [-0.15, -0.1) is 11.8 Å². The van der Waals surface area contributed by atoms with Gasteiger partial charge in [-0.25, -0.2) is 0 Å². The zero-order valence-corrected chi connectivity index (χ0v) is 14.2. The molecule has 21 heavy (non-hydrogen) atoms. The quantitative estimate of drug-likeness (QED) is 0.498. The summed E-state index contributed by atoms with van der Waals surface area (Å²) in [7, 11) is 0. The van der Waals surface area contributed by atoms with E-state index in [1.54, 1.807) is 0 Å². The van der Waals surface area contributed by atoms with E-state index >= 15 is 0 Å². The van der Waals surface area contributed by atoms with Crippen molar-refractivity contribution in [3.05, 3.63) is 58.6 Å². The first-order valence-electron chi connectivity index (χ1n) is 6.84. The number of rotatable bonds is 7. The maximum atomic E-state index is 12.4. The summed E-state index contributed by atoms with van der Waals surface area (Å²) in [5.74, 6) is 1.16. The van der Waals surface area contributed by atoms with Gasteiger partial charge in [0.25, 0.3) is 0 Å². The molecule has 0 saturated heterocycles. The molecule has 0 aliphatic rings. The third-order valence-corrected chi connectivity index (χ3v) is 4.87. The van der Waals surface area contributed by atoms with E-state index in [-0.39, 0.29) is 5.78 Å². The van der Waals surface area contributed by atoms with Crippen LogP contribution in [0.5, 0.6) is 5.75 Å². The van der Waals surface area contributed by atoms with E-state index in [1.807, 2.05) is 55.5 Å². The lowest BCUT2D eigenvalue weighted by Crippen LogP contribution is -2.06. The van der Waals surface area contributed by atoms with E-state index in [0.29, 0.717) is 23.7 Å². The van der Waals surface area contributed by atoms with Crippen LogP contribution in [0.1, 0.15) is 23.7 Å². The Bertz CT molecular complexity index is 613. The highest BCUT2D eigenvalue weighted by Crippen LogP contribution is 2.28. The fourth-order valence-corrected chi connectivity index (χ4v) is 3.27. The number of carbonyl (C=O) groups excluding carboxylic acids is 1. The molecular formula is C17H17BrO2S. The first-order valence-corrected chi connectivity index (χ1v) is 8.62. The Morgan fingerprint density at radius 1 is 1.14 bits per heavy atom. The Morgan fingerprint density at radius 3 is 2.62 bits per heavy atom. The van der Waals surface area contributed by atoms with Gasteiger partial charge >= 0.3 is 0 Å². The van der Waals surface area contributed by atoms with E-state index < -0.39 is 0 Å². The number of Topliss-reactive ketones (excluding diaryl/α,β-unsaturated/α-hetero) is 1. The number of ketones is 1. The van der Waals surface area contributed by atoms with Gasteiger partial charge in [-0.2, -0.15) is 0 Å². The van der Waals surface area contributed by atoms with Gasteiger partial charge in [0.1, 0.15) is 5.75 Å². The van der Waals surface area contributed by atoms with Gasteiger partial charge in [0.2, 0.25) is 0 Å². The molecule has 0 aliphatic heterocycles. The van der Waals surface area contributed by atoms with Gasteiger partial charge in [-0.3, -0.25) is 4.79 Å². The van der Waals surface area contributed by atoms with Crippen molar-refractivity contribution in [2.24, 2.45) is 0 Å². The Balaban J connectivity index is 2.05. The Hall–Kier alpha value is -1.26. The number of thioether (sulfide) groups is 1. The van der Waals surface area contributed by atoms with Crippen LogP contribution in [-0.4, -0.2) is 18.1 Å². The summed E-state index contributed by atoms with van der Waals surface area (Å²) in [5.41, 5.74) is 0.658. The molecule has 0 atom stereocenters. The smallest absolute Gasteiger partial charge is 0.176 e. The van der Waals surface area contributed by atoms with Gasteiger partial charge in [0, 0.05) is 9.37 Å². The van der Waals surface area contributed by atoms with Gasteiger partial charge < -0.3 is 4.74 Å². The summed E-state index contributed by atoms with van der Waals surface area (Å²) in [5, 5.41) is 0. The van der Waals surface area contributed by atoms with Gasteiger partial charge in [0.05, 0.1) is 17.9 Å². The largest absolute Gasteiger partial charge is 0.493 e. The highest BCUT2D eigenvalue weighted by Gasteiger charge is 2.13. The van der Waals surface area contributed by atoms with Crippen LogP contribution >= 0.6 is 27.7 Å². The molecule has 2 rings (SSSR count). The van der Waals surface area contributed by atoms with Crippen LogP contribution in [0, 0.1) is 0 Å². The molecular weight excluding hydrogens is 348 g/mol. The second-order valence-electron chi connectivity index (χ2n) is 4.49. The van der Waals surface area contributed by atoms with E-state index in [2.05, 4.69) is 15.9 Å². The predicted octanol–water partition coefficient (Wildman–Crippen LogP) is 5.21. The maximum absolute atomic E-state index is 12.4. The molecule has 0 radical (unpaired) electrons. The van der Waals surface area contributed by atoms with Crippen molar-refractivity contribution in [1.82, 2.24) is 0 Å². The van der Waals surface area contributed by atoms with Crippen LogP contribution in [0.3, 0.4) is 0 Å². The second-order valence-corrected chi connectivity index (χ2v) is 6.36. The first-order chi connectivity index (χ1) is 10.2. The van der Waals surface area contributed by atoms with Crippen LogP contribution < -0.4 is 4.74 Å². The molecule has 0 unspecified atom stereocenters. The van der Waals surface area contributed by atoms with Crippen LogP contribution in [0.25, 0.3) is 0 Å². The monoisotopic (exact) mass is 364 g/mol. The molecule has 0 amide bonds. The van der Waals surface area contributed by atoms with Gasteiger partial charge in [0.15, 0.2) is 5.78 Å². The van der Waals surface area contributed by atoms with Crippen molar-refractivity contribution in [3.63, 3.8) is 0 Å². The van der Waals surface area contributed by atoms with Crippen molar-refractivity contribution in [3.8, 4) is 5.75 Å². The van der Waals surface area contributed by atoms with Gasteiger partial charge in [-0.1, -0.05) is 31.2 Å². The molecule has 2 aromatic carbocycles. The third kappa shape index (κ3) is 4.61. The predicted molar refractivity (Wildman–Crippen MR) is 91.4 cm³/mol. The Morgan fingerprint density at radius 2 is 1.86 bits per heavy atom. The molecule has 0 aromatic heterocycles. The minimum absolute atomic E-state index is 0.0856. The van der Waals surface area contributed by atoms with Crippen molar-refractivity contribution in [2.75, 3.05) is 12.4 Å². The summed E-state index contributed by atoms with van der Waals surface area (Å²) in [6.07, 6.45) is 0.925. The van der Waals surface area contributed by atoms with Crippen LogP contribution in [0.4, 0.5) is 0 Å². The number of para-hydroxylation sites is 1.